The molecule has 0 bridgehead atoms. The van der Waals surface area contributed by atoms with Gasteiger partial charge in [0.25, 0.3) is 5.95 Å². The molecule has 0 saturated carbocycles. The van der Waals surface area contributed by atoms with E-state index in [0.717, 1.165) is 5.56 Å². The number of pyridine rings is 1. The van der Waals surface area contributed by atoms with Gasteiger partial charge in [-0.05, 0) is 17.7 Å². The van der Waals surface area contributed by atoms with E-state index in [0.29, 0.717) is 13.0 Å². The van der Waals surface area contributed by atoms with Crippen LogP contribution in [0.4, 0.5) is 4.39 Å². The van der Waals surface area contributed by atoms with Gasteiger partial charge in [0.2, 0.25) is 0 Å². The molecular formula is C11H12FN3O. The van der Waals surface area contributed by atoms with Gasteiger partial charge in [-0.2, -0.15) is 9.49 Å². The number of hydrogen-bond acceptors (Lipinski definition) is 3. The molecule has 0 radical (unpaired) electrons. The quantitative estimate of drug-likeness (QED) is 0.736. The van der Waals surface area contributed by atoms with Gasteiger partial charge in [-0.25, -0.2) is 4.98 Å². The highest BCUT2D eigenvalue weighted by molar-refractivity contribution is 5.18. The van der Waals surface area contributed by atoms with Crippen LogP contribution in [0.25, 0.3) is 0 Å². The molecule has 0 aliphatic heterocycles. The molecule has 2 rings (SSSR count). The van der Waals surface area contributed by atoms with Crippen molar-refractivity contribution in [3.8, 4) is 5.75 Å². The fraction of sp³-hybridized carbons (Fsp3) is 0.273. The van der Waals surface area contributed by atoms with Gasteiger partial charge in [-0.3, -0.25) is 4.68 Å². The summed E-state index contributed by atoms with van der Waals surface area (Å²) in [5, 5.41) is 4.03. The molecule has 2 heterocycles. The largest absolute Gasteiger partial charge is 0.488 e. The van der Waals surface area contributed by atoms with Crippen molar-refractivity contribution in [2.75, 3.05) is 6.61 Å². The molecule has 2 aromatic heterocycles. The van der Waals surface area contributed by atoms with Crippen molar-refractivity contribution in [3.05, 3.63) is 42.2 Å². The highest BCUT2D eigenvalue weighted by atomic mass is 19.1. The van der Waals surface area contributed by atoms with Gasteiger partial charge in [0.15, 0.2) is 5.75 Å². The summed E-state index contributed by atoms with van der Waals surface area (Å²) in [6.07, 6.45) is 5.76. The Bertz CT molecular complexity index is 470. The lowest BCUT2D eigenvalue weighted by Crippen LogP contribution is -2.02. The lowest BCUT2D eigenvalue weighted by atomic mass is 10.3. The Morgan fingerprint density at radius 2 is 2.38 bits per heavy atom. The van der Waals surface area contributed by atoms with E-state index in [2.05, 4.69) is 10.1 Å². The summed E-state index contributed by atoms with van der Waals surface area (Å²) < 4.78 is 20.1. The SMILES string of the molecule is Cn1cc(CCOc2cccnc2F)cn1. The van der Waals surface area contributed by atoms with Crippen molar-refractivity contribution < 1.29 is 9.13 Å². The monoisotopic (exact) mass is 221 g/mol. The molecule has 0 spiro atoms. The molecule has 0 fully saturated rings. The van der Waals surface area contributed by atoms with Crippen LogP contribution < -0.4 is 4.74 Å². The zero-order chi connectivity index (χ0) is 11.4. The molecule has 0 aliphatic carbocycles. The van der Waals surface area contributed by atoms with Gasteiger partial charge >= 0.3 is 0 Å². The van der Waals surface area contributed by atoms with E-state index >= 15 is 0 Å². The molecule has 0 amide bonds. The summed E-state index contributed by atoms with van der Waals surface area (Å²) in [5.74, 6) is -0.389. The van der Waals surface area contributed by atoms with Gasteiger partial charge in [0.05, 0.1) is 12.8 Å². The number of ether oxygens (including phenoxy) is 1. The normalized spacial score (nSPS) is 10.4. The minimum Gasteiger partial charge on any atom is -0.488 e. The lowest BCUT2D eigenvalue weighted by Gasteiger charge is -2.04. The summed E-state index contributed by atoms with van der Waals surface area (Å²) in [7, 11) is 1.85. The second-order valence-electron chi connectivity index (χ2n) is 3.41. The Morgan fingerprint density at radius 1 is 1.50 bits per heavy atom. The third-order valence-corrected chi connectivity index (χ3v) is 2.13. The first-order valence-corrected chi connectivity index (χ1v) is 4.96. The molecule has 16 heavy (non-hydrogen) atoms. The van der Waals surface area contributed by atoms with Gasteiger partial charge in [0, 0.05) is 25.9 Å². The van der Waals surface area contributed by atoms with Crippen LogP contribution in [-0.2, 0) is 13.5 Å². The van der Waals surface area contributed by atoms with Crippen molar-refractivity contribution in [3.63, 3.8) is 0 Å². The van der Waals surface area contributed by atoms with Crippen molar-refractivity contribution in [2.45, 2.75) is 6.42 Å². The molecule has 5 heteroatoms. The van der Waals surface area contributed by atoms with Crippen LogP contribution in [0.2, 0.25) is 0 Å². The van der Waals surface area contributed by atoms with E-state index in [4.69, 9.17) is 4.74 Å². The third kappa shape index (κ3) is 2.56. The number of halogens is 1. The molecule has 4 nitrogen and oxygen atoms in total. The van der Waals surface area contributed by atoms with Crippen LogP contribution in [0.5, 0.6) is 5.75 Å². The number of aromatic nitrogens is 3. The van der Waals surface area contributed by atoms with Gasteiger partial charge in [-0.1, -0.05) is 0 Å². The Balaban J connectivity index is 1.87. The van der Waals surface area contributed by atoms with Gasteiger partial charge < -0.3 is 4.74 Å². The van der Waals surface area contributed by atoms with Crippen LogP contribution in [0.1, 0.15) is 5.56 Å². The first-order chi connectivity index (χ1) is 7.75. The molecule has 0 atom stereocenters. The van der Waals surface area contributed by atoms with E-state index in [1.807, 2.05) is 13.2 Å². The van der Waals surface area contributed by atoms with Crippen LogP contribution in [-0.4, -0.2) is 21.4 Å². The Morgan fingerprint density at radius 3 is 3.06 bits per heavy atom. The van der Waals surface area contributed by atoms with Crippen molar-refractivity contribution in [1.82, 2.24) is 14.8 Å². The van der Waals surface area contributed by atoms with E-state index in [1.165, 1.54) is 6.20 Å². The van der Waals surface area contributed by atoms with Crippen LogP contribution in [0.15, 0.2) is 30.7 Å². The summed E-state index contributed by atoms with van der Waals surface area (Å²) in [4.78, 5) is 3.50. The second kappa shape index (κ2) is 4.74. The minimum absolute atomic E-state index is 0.186. The van der Waals surface area contributed by atoms with E-state index in [-0.39, 0.29) is 5.75 Å². The van der Waals surface area contributed by atoms with Crippen LogP contribution in [0, 0.1) is 5.95 Å². The second-order valence-corrected chi connectivity index (χ2v) is 3.41. The number of hydrogen-bond donors (Lipinski definition) is 0. The predicted molar refractivity (Wildman–Crippen MR) is 56.6 cm³/mol. The summed E-state index contributed by atoms with van der Waals surface area (Å²) in [6.45, 7) is 0.411. The van der Waals surface area contributed by atoms with Crippen LogP contribution >= 0.6 is 0 Å². The van der Waals surface area contributed by atoms with Gasteiger partial charge in [-0.15, -0.1) is 0 Å². The Kier molecular flexibility index (Phi) is 3.14. The molecule has 84 valence electrons. The number of rotatable bonds is 4. The minimum atomic E-state index is -0.575. The average Bonchev–Trinajstić information content (AvgIpc) is 2.67. The molecule has 2 aromatic rings. The molecule has 0 unspecified atom stereocenters. The maximum absolute atomic E-state index is 13.1. The zero-order valence-electron chi connectivity index (χ0n) is 8.93. The average molecular weight is 221 g/mol. The van der Waals surface area contributed by atoms with E-state index in [9.17, 15) is 4.39 Å². The van der Waals surface area contributed by atoms with E-state index in [1.54, 1.807) is 23.0 Å². The maximum Gasteiger partial charge on any atom is 0.255 e. The van der Waals surface area contributed by atoms with E-state index < -0.39 is 5.95 Å². The zero-order valence-corrected chi connectivity index (χ0v) is 8.93. The lowest BCUT2D eigenvalue weighted by molar-refractivity contribution is 0.300. The van der Waals surface area contributed by atoms with Crippen molar-refractivity contribution in [2.24, 2.45) is 7.05 Å². The molecule has 0 N–H and O–H groups in total. The van der Waals surface area contributed by atoms with Crippen molar-refractivity contribution >= 4 is 0 Å². The molecule has 0 aromatic carbocycles. The van der Waals surface area contributed by atoms with Crippen LogP contribution in [0.3, 0.4) is 0 Å². The smallest absolute Gasteiger partial charge is 0.255 e. The Labute approximate surface area is 92.7 Å². The number of nitrogens with zero attached hydrogens (tertiary/aromatic N) is 3. The molecule has 0 saturated heterocycles. The van der Waals surface area contributed by atoms with Crippen molar-refractivity contribution in [1.29, 1.82) is 0 Å². The summed E-state index contributed by atoms with van der Waals surface area (Å²) in [5.41, 5.74) is 1.06. The maximum atomic E-state index is 13.1. The third-order valence-electron chi connectivity index (χ3n) is 2.13. The summed E-state index contributed by atoms with van der Waals surface area (Å²) in [6, 6.07) is 3.20. The first kappa shape index (κ1) is 10.6. The topological polar surface area (TPSA) is 39.9 Å². The summed E-state index contributed by atoms with van der Waals surface area (Å²) >= 11 is 0. The molecular weight excluding hydrogens is 209 g/mol. The number of aryl methyl sites for hydroxylation is 1. The van der Waals surface area contributed by atoms with Gasteiger partial charge in [0.1, 0.15) is 0 Å². The fourth-order valence-corrected chi connectivity index (χ4v) is 1.36. The predicted octanol–water partition coefficient (Wildman–Crippen LogP) is 1.58. The Hall–Kier alpha value is -1.91. The highest BCUT2D eigenvalue weighted by Crippen LogP contribution is 2.13. The molecule has 0 aliphatic rings. The fourth-order valence-electron chi connectivity index (χ4n) is 1.36. The first-order valence-electron chi connectivity index (χ1n) is 4.96. The standard InChI is InChI=1S/C11H12FN3O/c1-15-8-9(7-14-15)4-6-16-10-3-2-5-13-11(10)12/h2-3,5,7-8H,4,6H2,1H3. The highest BCUT2D eigenvalue weighted by Gasteiger charge is 2.03.